The average molecular weight is 323 g/mol. The highest BCUT2D eigenvalue weighted by Gasteiger charge is 2.40. The van der Waals surface area contributed by atoms with E-state index in [4.69, 9.17) is 4.74 Å². The van der Waals surface area contributed by atoms with Crippen LogP contribution in [0.1, 0.15) is 38.2 Å². The van der Waals surface area contributed by atoms with Gasteiger partial charge in [0, 0.05) is 25.0 Å². The summed E-state index contributed by atoms with van der Waals surface area (Å²) >= 11 is 0. The van der Waals surface area contributed by atoms with Gasteiger partial charge in [0.2, 0.25) is 5.91 Å². The number of carbonyl (C=O) groups excluding carboxylic acids is 2. The summed E-state index contributed by atoms with van der Waals surface area (Å²) in [7, 11) is 0. The van der Waals surface area contributed by atoms with Crippen molar-refractivity contribution in [2.75, 3.05) is 6.61 Å². The van der Waals surface area contributed by atoms with Crippen LogP contribution in [0.2, 0.25) is 0 Å². The number of hydrogen-bond donors (Lipinski definition) is 1. The first kappa shape index (κ1) is 17.1. The van der Waals surface area contributed by atoms with Crippen molar-refractivity contribution < 1.29 is 23.1 Å². The molecule has 1 aromatic carbocycles. The number of nitrogens with one attached hydrogen (secondary N) is 1. The molecule has 1 amide bonds. The highest BCUT2D eigenvalue weighted by Crippen LogP contribution is 2.41. The molecular weight excluding hydrogens is 304 g/mol. The van der Waals surface area contributed by atoms with E-state index in [1.165, 1.54) is 19.1 Å². The largest absolute Gasteiger partial charge is 0.466 e. The Hall–Kier alpha value is -2.24. The van der Waals surface area contributed by atoms with Gasteiger partial charge in [-0.05, 0) is 37.0 Å². The summed E-state index contributed by atoms with van der Waals surface area (Å²) in [5.74, 6) is -2.17. The molecule has 124 valence electrons. The van der Waals surface area contributed by atoms with Gasteiger partial charge in [0.05, 0.1) is 12.1 Å². The minimum absolute atomic E-state index is 0.0726. The number of carbonyl (C=O) groups is 2. The minimum Gasteiger partial charge on any atom is -0.466 e. The molecule has 0 radical (unpaired) electrons. The number of esters is 1. The fourth-order valence-corrected chi connectivity index (χ4v) is 2.58. The molecule has 1 fully saturated rings. The van der Waals surface area contributed by atoms with Crippen LogP contribution in [0.3, 0.4) is 0 Å². The van der Waals surface area contributed by atoms with Gasteiger partial charge in [0.15, 0.2) is 0 Å². The Bertz CT molecular complexity index is 618. The minimum atomic E-state index is -0.760. The number of halogens is 2. The quantitative estimate of drug-likeness (QED) is 0.647. The molecule has 0 atom stereocenters. The molecule has 6 heteroatoms. The number of amides is 1. The van der Waals surface area contributed by atoms with E-state index >= 15 is 0 Å². The lowest BCUT2D eigenvalue weighted by Crippen LogP contribution is -2.51. The Labute approximate surface area is 133 Å². The Morgan fingerprint density at radius 2 is 1.87 bits per heavy atom. The third kappa shape index (κ3) is 4.15. The molecule has 1 aliphatic rings. The van der Waals surface area contributed by atoms with Gasteiger partial charge in [-0.3, -0.25) is 9.59 Å². The zero-order chi connectivity index (χ0) is 17.0. The molecule has 0 bridgehead atoms. The topological polar surface area (TPSA) is 55.4 Å². The third-order valence-corrected chi connectivity index (χ3v) is 4.01. The summed E-state index contributed by atoms with van der Waals surface area (Å²) in [5, 5.41) is 2.83. The molecule has 1 aliphatic carbocycles. The van der Waals surface area contributed by atoms with Gasteiger partial charge in [0.1, 0.15) is 11.6 Å². The van der Waals surface area contributed by atoms with Crippen LogP contribution in [-0.4, -0.2) is 18.5 Å². The predicted molar refractivity (Wildman–Crippen MR) is 80.4 cm³/mol. The number of ether oxygens (including phenoxy) is 1. The molecule has 0 aromatic heterocycles. The zero-order valence-electron chi connectivity index (χ0n) is 13.0. The fourth-order valence-electron chi connectivity index (χ4n) is 2.58. The van der Waals surface area contributed by atoms with E-state index in [0.717, 1.165) is 12.5 Å². The molecule has 4 nitrogen and oxygen atoms in total. The molecule has 1 aromatic rings. The Kier molecular flexibility index (Phi) is 5.13. The van der Waals surface area contributed by atoms with Gasteiger partial charge in [-0.15, -0.1) is 0 Å². The van der Waals surface area contributed by atoms with Crippen LogP contribution in [0.4, 0.5) is 8.78 Å². The summed E-state index contributed by atoms with van der Waals surface area (Å²) in [4.78, 5) is 22.9. The van der Waals surface area contributed by atoms with Gasteiger partial charge >= 0.3 is 5.97 Å². The smallest absolute Gasteiger partial charge is 0.302 e. The maximum Gasteiger partial charge on any atom is 0.302 e. The van der Waals surface area contributed by atoms with Crippen molar-refractivity contribution in [2.24, 2.45) is 0 Å². The lowest BCUT2D eigenvalue weighted by Gasteiger charge is -2.43. The van der Waals surface area contributed by atoms with Crippen LogP contribution < -0.4 is 5.32 Å². The van der Waals surface area contributed by atoms with Gasteiger partial charge < -0.3 is 10.1 Å². The van der Waals surface area contributed by atoms with Crippen molar-refractivity contribution in [2.45, 2.75) is 38.1 Å². The van der Waals surface area contributed by atoms with Gasteiger partial charge in [-0.1, -0.05) is 6.58 Å². The monoisotopic (exact) mass is 323 g/mol. The first-order valence-electron chi connectivity index (χ1n) is 7.43. The van der Waals surface area contributed by atoms with Crippen LogP contribution in [0.5, 0.6) is 0 Å². The van der Waals surface area contributed by atoms with Crippen LogP contribution in [0.15, 0.2) is 30.4 Å². The molecule has 0 unspecified atom stereocenters. The molecule has 0 heterocycles. The van der Waals surface area contributed by atoms with Crippen molar-refractivity contribution in [3.63, 3.8) is 0 Å². The second kappa shape index (κ2) is 6.89. The van der Waals surface area contributed by atoms with Gasteiger partial charge in [-0.25, -0.2) is 8.78 Å². The van der Waals surface area contributed by atoms with Crippen molar-refractivity contribution in [1.82, 2.24) is 5.32 Å². The Balaban J connectivity index is 2.05. The van der Waals surface area contributed by atoms with Gasteiger partial charge in [-0.2, -0.15) is 0 Å². The summed E-state index contributed by atoms with van der Waals surface area (Å²) in [6.45, 7) is 5.03. The summed E-state index contributed by atoms with van der Waals surface area (Å²) < 4.78 is 31.6. The second-order valence-electron chi connectivity index (χ2n) is 5.74. The van der Waals surface area contributed by atoms with Crippen molar-refractivity contribution >= 4 is 11.9 Å². The van der Waals surface area contributed by atoms with Crippen LogP contribution in [-0.2, 0) is 19.9 Å². The predicted octanol–water partition coefficient (Wildman–Crippen LogP) is 2.97. The number of benzene rings is 1. The van der Waals surface area contributed by atoms with E-state index < -0.39 is 29.0 Å². The van der Waals surface area contributed by atoms with E-state index in [-0.39, 0.29) is 18.6 Å². The average Bonchev–Trinajstić information content (AvgIpc) is 2.40. The lowest BCUT2D eigenvalue weighted by molar-refractivity contribution is -0.141. The summed E-state index contributed by atoms with van der Waals surface area (Å²) in [6, 6.07) is 3.28. The molecule has 2 rings (SSSR count). The third-order valence-electron chi connectivity index (χ3n) is 4.01. The standard InChI is InChI=1S/C17H19F2NO3/c1-11(4-7-23-12(2)21)16(22)20-17(5-3-6-17)13-8-14(18)10-15(19)9-13/h8-10H,1,3-7H2,2H3,(H,20,22). The number of rotatable bonds is 6. The van der Waals surface area contributed by atoms with Crippen LogP contribution >= 0.6 is 0 Å². The SMILES string of the molecule is C=C(CCOC(C)=O)C(=O)NC1(c2cc(F)cc(F)c2)CCC1. The molecule has 0 aliphatic heterocycles. The van der Waals surface area contributed by atoms with E-state index in [1.807, 2.05) is 0 Å². The summed E-state index contributed by atoms with van der Waals surface area (Å²) in [5.41, 5.74) is -0.0819. The maximum atomic E-state index is 13.4. The molecule has 0 saturated heterocycles. The van der Waals surface area contributed by atoms with E-state index in [0.29, 0.717) is 18.4 Å². The van der Waals surface area contributed by atoms with E-state index in [2.05, 4.69) is 11.9 Å². The normalized spacial score (nSPS) is 15.4. The lowest BCUT2D eigenvalue weighted by atomic mass is 9.71. The molecule has 1 saturated carbocycles. The zero-order valence-corrected chi connectivity index (χ0v) is 13.0. The van der Waals surface area contributed by atoms with E-state index in [1.54, 1.807) is 0 Å². The number of hydrogen-bond acceptors (Lipinski definition) is 3. The van der Waals surface area contributed by atoms with E-state index in [9.17, 15) is 18.4 Å². The highest BCUT2D eigenvalue weighted by atomic mass is 19.1. The second-order valence-corrected chi connectivity index (χ2v) is 5.74. The Morgan fingerprint density at radius 1 is 1.26 bits per heavy atom. The first-order chi connectivity index (χ1) is 10.8. The fraction of sp³-hybridized carbons (Fsp3) is 0.412. The van der Waals surface area contributed by atoms with Crippen LogP contribution in [0.25, 0.3) is 0 Å². The molecule has 1 N–H and O–H groups in total. The van der Waals surface area contributed by atoms with Crippen LogP contribution in [0, 0.1) is 11.6 Å². The summed E-state index contributed by atoms with van der Waals surface area (Å²) in [6.07, 6.45) is 2.29. The van der Waals surface area contributed by atoms with Crippen molar-refractivity contribution in [3.05, 3.63) is 47.5 Å². The van der Waals surface area contributed by atoms with Crippen molar-refractivity contribution in [3.8, 4) is 0 Å². The van der Waals surface area contributed by atoms with Crippen molar-refractivity contribution in [1.29, 1.82) is 0 Å². The highest BCUT2D eigenvalue weighted by molar-refractivity contribution is 5.93. The maximum absolute atomic E-state index is 13.4. The molecule has 0 spiro atoms. The Morgan fingerprint density at radius 3 is 2.35 bits per heavy atom. The van der Waals surface area contributed by atoms with Gasteiger partial charge in [0.25, 0.3) is 0 Å². The first-order valence-corrected chi connectivity index (χ1v) is 7.43. The molecular formula is C17H19F2NO3. The molecule has 23 heavy (non-hydrogen) atoms.